The lowest BCUT2D eigenvalue weighted by Crippen LogP contribution is -2.46. The van der Waals surface area contributed by atoms with Gasteiger partial charge in [-0.25, -0.2) is 9.78 Å². The Morgan fingerprint density at radius 1 is 1.58 bits per heavy atom. The van der Waals surface area contributed by atoms with E-state index in [-0.39, 0.29) is 12.0 Å². The van der Waals surface area contributed by atoms with Crippen LogP contribution in [0.5, 0.6) is 0 Å². The van der Waals surface area contributed by atoms with Crippen molar-refractivity contribution in [3.05, 3.63) is 23.9 Å². The Kier molecular flexibility index (Phi) is 4.35. The Morgan fingerprint density at radius 2 is 2.42 bits per heavy atom. The molecule has 5 nitrogen and oxygen atoms in total. The molecule has 0 N–H and O–H groups in total. The van der Waals surface area contributed by atoms with Gasteiger partial charge in [-0.3, -0.25) is 0 Å². The van der Waals surface area contributed by atoms with Gasteiger partial charge in [0.2, 0.25) is 0 Å². The molecule has 100 valence electrons. The van der Waals surface area contributed by atoms with E-state index in [0.717, 1.165) is 31.6 Å². The smallest absolute Gasteiger partial charge is 0.328 e. The summed E-state index contributed by atoms with van der Waals surface area (Å²) < 4.78 is 5.12. The van der Waals surface area contributed by atoms with Crippen LogP contribution in [0.25, 0.3) is 0 Å². The number of anilines is 1. The third-order valence-electron chi connectivity index (χ3n) is 3.23. The van der Waals surface area contributed by atoms with Gasteiger partial charge in [-0.05, 0) is 38.3 Å². The monoisotopic (exact) mass is 259 g/mol. The van der Waals surface area contributed by atoms with E-state index in [1.807, 2.05) is 17.9 Å². The molecule has 0 saturated carbocycles. The van der Waals surface area contributed by atoms with E-state index in [2.05, 4.69) is 4.98 Å². The van der Waals surface area contributed by atoms with Crippen LogP contribution in [0.3, 0.4) is 0 Å². The molecule has 1 saturated heterocycles. The Hall–Kier alpha value is -2.09. The molecule has 0 spiro atoms. The molecule has 0 bridgehead atoms. The molecule has 1 aliphatic heterocycles. The molecule has 0 aromatic carbocycles. The Balaban J connectivity index is 2.18. The molecule has 19 heavy (non-hydrogen) atoms. The number of hydrogen-bond donors (Lipinski definition) is 0. The number of ether oxygens (including phenoxy) is 1. The van der Waals surface area contributed by atoms with Crippen molar-refractivity contribution in [2.75, 3.05) is 18.1 Å². The zero-order valence-electron chi connectivity index (χ0n) is 11.0. The highest BCUT2D eigenvalue weighted by Gasteiger charge is 2.30. The molecule has 1 aromatic rings. The molecule has 0 aliphatic carbocycles. The Morgan fingerprint density at radius 3 is 3.05 bits per heavy atom. The van der Waals surface area contributed by atoms with Crippen LogP contribution in [0, 0.1) is 11.3 Å². The van der Waals surface area contributed by atoms with Crippen molar-refractivity contribution in [2.24, 2.45) is 0 Å². The quantitative estimate of drug-likeness (QED) is 0.775. The second-order valence-corrected chi connectivity index (χ2v) is 4.47. The van der Waals surface area contributed by atoms with Crippen LogP contribution in [0.1, 0.15) is 31.7 Å². The molecule has 0 radical (unpaired) electrons. The highest BCUT2D eigenvalue weighted by atomic mass is 16.5. The summed E-state index contributed by atoms with van der Waals surface area (Å²) in [5.74, 6) is 0.546. The van der Waals surface area contributed by atoms with Crippen molar-refractivity contribution in [2.45, 2.75) is 32.2 Å². The van der Waals surface area contributed by atoms with Crippen LogP contribution in [0.15, 0.2) is 18.3 Å². The lowest BCUT2D eigenvalue weighted by atomic mass is 10.0. The summed E-state index contributed by atoms with van der Waals surface area (Å²) in [6.07, 6.45) is 4.39. The average molecular weight is 259 g/mol. The first-order chi connectivity index (χ1) is 9.26. The fraction of sp³-hybridized carbons (Fsp3) is 0.500. The summed E-state index contributed by atoms with van der Waals surface area (Å²) in [7, 11) is 0. The second kappa shape index (κ2) is 6.19. The van der Waals surface area contributed by atoms with Crippen molar-refractivity contribution in [3.63, 3.8) is 0 Å². The van der Waals surface area contributed by atoms with Gasteiger partial charge in [0.25, 0.3) is 0 Å². The molecular formula is C14H17N3O2. The Bertz CT molecular complexity index is 478. The van der Waals surface area contributed by atoms with Crippen LogP contribution in [-0.4, -0.2) is 30.1 Å². The van der Waals surface area contributed by atoms with Gasteiger partial charge < -0.3 is 9.64 Å². The minimum atomic E-state index is -0.255. The van der Waals surface area contributed by atoms with E-state index >= 15 is 0 Å². The van der Waals surface area contributed by atoms with Gasteiger partial charge in [0.1, 0.15) is 17.9 Å². The molecule has 1 aromatic heterocycles. The van der Waals surface area contributed by atoms with Crippen molar-refractivity contribution in [1.29, 1.82) is 5.26 Å². The summed E-state index contributed by atoms with van der Waals surface area (Å²) in [5, 5.41) is 8.77. The number of hydrogen-bond acceptors (Lipinski definition) is 5. The molecule has 2 heterocycles. The van der Waals surface area contributed by atoms with Crippen molar-refractivity contribution >= 4 is 11.8 Å². The van der Waals surface area contributed by atoms with Gasteiger partial charge in [-0.15, -0.1) is 0 Å². The SMILES string of the molecule is CCOC(=O)C1CCCCN1c1ccc(C#N)cn1. The summed E-state index contributed by atoms with van der Waals surface area (Å²) in [6.45, 7) is 3.00. The first-order valence-corrected chi connectivity index (χ1v) is 6.55. The number of aromatic nitrogens is 1. The minimum absolute atomic E-state index is 0.187. The third-order valence-corrected chi connectivity index (χ3v) is 3.23. The summed E-state index contributed by atoms with van der Waals surface area (Å²) >= 11 is 0. The second-order valence-electron chi connectivity index (χ2n) is 4.47. The van der Waals surface area contributed by atoms with E-state index in [1.165, 1.54) is 6.20 Å². The molecular weight excluding hydrogens is 242 g/mol. The van der Waals surface area contributed by atoms with Gasteiger partial charge in [-0.1, -0.05) is 0 Å². The van der Waals surface area contributed by atoms with Gasteiger partial charge in [-0.2, -0.15) is 5.26 Å². The van der Waals surface area contributed by atoms with Crippen LogP contribution in [0.4, 0.5) is 5.82 Å². The molecule has 2 rings (SSSR count). The summed E-state index contributed by atoms with van der Waals surface area (Å²) in [6, 6.07) is 5.29. The highest BCUT2D eigenvalue weighted by Crippen LogP contribution is 2.24. The number of esters is 1. The maximum Gasteiger partial charge on any atom is 0.328 e. The van der Waals surface area contributed by atoms with Crippen LogP contribution < -0.4 is 4.90 Å². The molecule has 5 heteroatoms. The van der Waals surface area contributed by atoms with Gasteiger partial charge in [0.05, 0.1) is 12.2 Å². The fourth-order valence-corrected chi connectivity index (χ4v) is 2.31. The van der Waals surface area contributed by atoms with E-state index in [0.29, 0.717) is 12.2 Å². The first-order valence-electron chi connectivity index (χ1n) is 6.55. The number of piperidine rings is 1. The predicted molar refractivity (Wildman–Crippen MR) is 70.6 cm³/mol. The molecule has 1 aliphatic rings. The summed E-state index contributed by atoms with van der Waals surface area (Å²) in [5.41, 5.74) is 0.522. The van der Waals surface area contributed by atoms with Crippen LogP contribution >= 0.6 is 0 Å². The van der Waals surface area contributed by atoms with Gasteiger partial charge >= 0.3 is 5.97 Å². The molecule has 1 atom stereocenters. The maximum absolute atomic E-state index is 12.0. The van der Waals surface area contributed by atoms with E-state index in [9.17, 15) is 4.79 Å². The number of carbonyl (C=O) groups is 1. The highest BCUT2D eigenvalue weighted by molar-refractivity contribution is 5.80. The van der Waals surface area contributed by atoms with E-state index in [4.69, 9.17) is 10.00 Å². The number of pyridine rings is 1. The van der Waals surface area contributed by atoms with Crippen LogP contribution in [-0.2, 0) is 9.53 Å². The zero-order valence-corrected chi connectivity index (χ0v) is 11.0. The number of carbonyl (C=O) groups excluding carboxylic acids is 1. The fourth-order valence-electron chi connectivity index (χ4n) is 2.31. The maximum atomic E-state index is 12.0. The summed E-state index contributed by atoms with van der Waals surface area (Å²) in [4.78, 5) is 18.2. The normalized spacial score (nSPS) is 18.7. The topological polar surface area (TPSA) is 66.2 Å². The minimum Gasteiger partial charge on any atom is -0.464 e. The van der Waals surface area contributed by atoms with Gasteiger partial charge in [0, 0.05) is 12.7 Å². The largest absolute Gasteiger partial charge is 0.464 e. The van der Waals surface area contributed by atoms with Gasteiger partial charge in [0.15, 0.2) is 0 Å². The number of nitrogens with zero attached hydrogens (tertiary/aromatic N) is 3. The lowest BCUT2D eigenvalue weighted by molar-refractivity contribution is -0.145. The molecule has 0 amide bonds. The first kappa shape index (κ1) is 13.3. The van der Waals surface area contributed by atoms with Crippen molar-refractivity contribution < 1.29 is 9.53 Å². The number of nitriles is 1. The zero-order chi connectivity index (χ0) is 13.7. The Labute approximate surface area is 112 Å². The van der Waals surface area contributed by atoms with E-state index in [1.54, 1.807) is 12.1 Å². The van der Waals surface area contributed by atoms with Crippen LogP contribution in [0.2, 0.25) is 0 Å². The van der Waals surface area contributed by atoms with Crippen molar-refractivity contribution in [3.8, 4) is 6.07 Å². The van der Waals surface area contributed by atoms with Crippen molar-refractivity contribution in [1.82, 2.24) is 4.98 Å². The predicted octanol–water partition coefficient (Wildman–Crippen LogP) is 1.88. The third kappa shape index (κ3) is 3.02. The number of rotatable bonds is 3. The standard InChI is InChI=1S/C14H17N3O2/c1-2-19-14(18)12-5-3-4-8-17(12)13-7-6-11(9-15)10-16-13/h6-7,10,12H,2-5,8H2,1H3. The molecule has 1 fully saturated rings. The molecule has 1 unspecified atom stereocenters. The lowest BCUT2D eigenvalue weighted by Gasteiger charge is -2.34. The van der Waals surface area contributed by atoms with E-state index < -0.39 is 0 Å². The average Bonchev–Trinajstić information content (AvgIpc) is 2.47.